The number of anilines is 1. The Kier molecular flexibility index (Phi) is 6.83. The van der Waals surface area contributed by atoms with Crippen molar-refractivity contribution in [2.75, 3.05) is 25.0 Å². The van der Waals surface area contributed by atoms with Gasteiger partial charge in [0.1, 0.15) is 0 Å². The number of nitrogens with one attached hydrogen (secondary N) is 2. The first-order valence-corrected chi connectivity index (χ1v) is 11.2. The smallest absolute Gasteiger partial charge is 0.319 e. The fourth-order valence-electron chi connectivity index (χ4n) is 4.60. The van der Waals surface area contributed by atoms with Crippen LogP contribution in [0.2, 0.25) is 0 Å². The molecule has 0 radical (unpaired) electrons. The van der Waals surface area contributed by atoms with Crippen LogP contribution in [0.3, 0.4) is 0 Å². The summed E-state index contributed by atoms with van der Waals surface area (Å²) in [5.41, 5.74) is 2.50. The van der Waals surface area contributed by atoms with Crippen LogP contribution in [0, 0.1) is 0 Å². The molecule has 0 spiro atoms. The Morgan fingerprint density at radius 3 is 2.66 bits per heavy atom. The van der Waals surface area contributed by atoms with Gasteiger partial charge in [-0.3, -0.25) is 4.90 Å². The zero-order valence-corrected chi connectivity index (χ0v) is 17.3. The van der Waals surface area contributed by atoms with Crippen LogP contribution >= 0.6 is 0 Å². The van der Waals surface area contributed by atoms with Crippen molar-refractivity contribution < 1.29 is 4.79 Å². The molecule has 1 saturated heterocycles. The van der Waals surface area contributed by atoms with Crippen LogP contribution < -0.4 is 10.6 Å². The lowest BCUT2D eigenvalue weighted by atomic mass is 9.98. The normalized spacial score (nSPS) is 21.0. The molecule has 0 aromatic heterocycles. The van der Waals surface area contributed by atoms with Crippen molar-refractivity contribution in [1.82, 2.24) is 10.2 Å². The summed E-state index contributed by atoms with van der Waals surface area (Å²) in [4.78, 5) is 15.1. The molecular weight excluding hydrogens is 358 g/mol. The maximum absolute atomic E-state index is 12.5. The molecule has 1 aliphatic heterocycles. The zero-order chi connectivity index (χ0) is 19.9. The molecule has 4 rings (SSSR count). The monoisotopic (exact) mass is 391 g/mol. The van der Waals surface area contributed by atoms with Crippen molar-refractivity contribution in [2.24, 2.45) is 0 Å². The lowest BCUT2D eigenvalue weighted by Gasteiger charge is -2.33. The molecule has 2 aliphatic rings. The van der Waals surface area contributed by atoms with E-state index in [1.54, 1.807) is 5.57 Å². The minimum absolute atomic E-state index is 0.0949. The molecule has 0 bridgehead atoms. The van der Waals surface area contributed by atoms with Gasteiger partial charge in [-0.1, -0.05) is 60.9 Å². The van der Waals surface area contributed by atoms with Crippen LogP contribution in [0.25, 0.3) is 10.8 Å². The maximum Gasteiger partial charge on any atom is 0.319 e. The van der Waals surface area contributed by atoms with Gasteiger partial charge in [0, 0.05) is 31.1 Å². The number of hydrogen-bond acceptors (Lipinski definition) is 2. The molecule has 1 aliphatic carbocycles. The van der Waals surface area contributed by atoms with Crippen molar-refractivity contribution in [3.05, 3.63) is 54.1 Å². The van der Waals surface area contributed by atoms with Crippen LogP contribution in [0.5, 0.6) is 0 Å². The van der Waals surface area contributed by atoms with Crippen LogP contribution in [0.15, 0.2) is 54.1 Å². The topological polar surface area (TPSA) is 44.4 Å². The minimum atomic E-state index is -0.0949. The first kappa shape index (κ1) is 20.0. The van der Waals surface area contributed by atoms with E-state index in [4.69, 9.17) is 0 Å². The molecule has 0 saturated carbocycles. The number of rotatable bonds is 4. The molecule has 29 heavy (non-hydrogen) atoms. The number of hydrogen-bond donors (Lipinski definition) is 2. The molecule has 154 valence electrons. The minimum Gasteiger partial charge on any atom is -0.335 e. The van der Waals surface area contributed by atoms with E-state index in [9.17, 15) is 4.79 Å². The highest BCUT2D eigenvalue weighted by Crippen LogP contribution is 2.23. The number of benzene rings is 2. The highest BCUT2D eigenvalue weighted by molar-refractivity contribution is 6.01. The molecule has 2 amide bonds. The number of amides is 2. The van der Waals surface area contributed by atoms with Crippen LogP contribution in [-0.2, 0) is 0 Å². The van der Waals surface area contributed by atoms with Gasteiger partial charge in [0.15, 0.2) is 0 Å². The van der Waals surface area contributed by atoms with E-state index in [1.165, 1.54) is 38.5 Å². The van der Waals surface area contributed by atoms with Gasteiger partial charge in [-0.05, 0) is 50.0 Å². The maximum atomic E-state index is 12.5. The van der Waals surface area contributed by atoms with Gasteiger partial charge in [-0.15, -0.1) is 0 Å². The molecule has 2 aromatic carbocycles. The Balaban J connectivity index is 1.25. The standard InChI is InChI=1S/C25H33N3O/c29-25(27-24-14-8-12-21-11-6-7-13-23(21)24)26-22-15-17-28(18-16-22)19-20-9-4-2-1-3-5-10-20/h6-9,11-14,22H,1-5,10,15-19H2,(H2,26,27,29)/b20-9+. The third kappa shape index (κ3) is 5.60. The third-order valence-corrected chi connectivity index (χ3v) is 6.27. The second kappa shape index (κ2) is 9.93. The average Bonchev–Trinajstić information content (AvgIpc) is 2.71. The molecule has 2 aromatic rings. The Morgan fingerprint density at radius 1 is 0.966 bits per heavy atom. The Labute approximate surface area is 174 Å². The van der Waals surface area contributed by atoms with Crippen LogP contribution in [-0.4, -0.2) is 36.6 Å². The molecule has 4 heteroatoms. The fraction of sp³-hybridized carbons (Fsp3) is 0.480. The van der Waals surface area contributed by atoms with Gasteiger partial charge < -0.3 is 10.6 Å². The van der Waals surface area contributed by atoms with Crippen LogP contribution in [0.4, 0.5) is 10.5 Å². The second-order valence-electron chi connectivity index (χ2n) is 8.49. The summed E-state index contributed by atoms with van der Waals surface area (Å²) in [6.07, 6.45) is 12.5. The Hall–Kier alpha value is -2.33. The van der Waals surface area contributed by atoms with Gasteiger partial charge >= 0.3 is 6.03 Å². The molecule has 0 unspecified atom stereocenters. The average molecular weight is 392 g/mol. The predicted octanol–water partition coefficient (Wildman–Crippen LogP) is 5.71. The van der Waals surface area contributed by atoms with Gasteiger partial charge in [0.05, 0.1) is 5.69 Å². The van der Waals surface area contributed by atoms with E-state index >= 15 is 0 Å². The van der Waals surface area contributed by atoms with E-state index in [2.05, 4.69) is 33.7 Å². The lowest BCUT2D eigenvalue weighted by molar-refractivity contribution is 0.205. The SMILES string of the molecule is O=C(Nc1cccc2ccccc12)NC1CCN(C/C2=C/CCCCCC2)CC1. The molecule has 1 fully saturated rings. The van der Waals surface area contributed by atoms with Crippen molar-refractivity contribution in [1.29, 1.82) is 0 Å². The molecule has 1 heterocycles. The predicted molar refractivity (Wildman–Crippen MR) is 121 cm³/mol. The summed E-state index contributed by atoms with van der Waals surface area (Å²) in [6.45, 7) is 3.25. The number of carbonyl (C=O) groups excluding carboxylic acids is 1. The van der Waals surface area contributed by atoms with Gasteiger partial charge in [0.25, 0.3) is 0 Å². The second-order valence-corrected chi connectivity index (χ2v) is 8.49. The van der Waals surface area contributed by atoms with Gasteiger partial charge in [-0.2, -0.15) is 0 Å². The fourth-order valence-corrected chi connectivity index (χ4v) is 4.60. The number of allylic oxidation sites excluding steroid dienone is 1. The van der Waals surface area contributed by atoms with E-state index in [0.717, 1.165) is 48.9 Å². The molecule has 0 atom stereocenters. The van der Waals surface area contributed by atoms with Crippen molar-refractivity contribution >= 4 is 22.5 Å². The summed E-state index contributed by atoms with van der Waals surface area (Å²) in [6, 6.07) is 14.3. The summed E-state index contributed by atoms with van der Waals surface area (Å²) in [5, 5.41) is 8.45. The number of carbonyl (C=O) groups is 1. The largest absolute Gasteiger partial charge is 0.335 e. The molecule has 4 nitrogen and oxygen atoms in total. The number of nitrogens with zero attached hydrogens (tertiary/aromatic N) is 1. The number of piperidine rings is 1. The highest BCUT2D eigenvalue weighted by atomic mass is 16.2. The number of likely N-dealkylation sites (tertiary alicyclic amines) is 1. The van der Waals surface area contributed by atoms with E-state index in [0.29, 0.717) is 0 Å². The Bertz CT molecular complexity index is 847. The van der Waals surface area contributed by atoms with Crippen molar-refractivity contribution in [2.45, 2.75) is 57.4 Å². The summed E-state index contributed by atoms with van der Waals surface area (Å²) in [7, 11) is 0. The highest BCUT2D eigenvalue weighted by Gasteiger charge is 2.21. The summed E-state index contributed by atoms with van der Waals surface area (Å²) in [5.74, 6) is 0. The molecular formula is C25H33N3O. The first-order valence-electron chi connectivity index (χ1n) is 11.2. The first-order chi connectivity index (χ1) is 14.3. The van der Waals surface area contributed by atoms with Crippen molar-refractivity contribution in [3.8, 4) is 0 Å². The van der Waals surface area contributed by atoms with E-state index < -0.39 is 0 Å². The number of urea groups is 1. The van der Waals surface area contributed by atoms with E-state index in [1.807, 2.05) is 30.3 Å². The quantitative estimate of drug-likeness (QED) is 0.656. The molecule has 2 N–H and O–H groups in total. The van der Waals surface area contributed by atoms with Gasteiger partial charge in [-0.25, -0.2) is 4.79 Å². The zero-order valence-electron chi connectivity index (χ0n) is 17.3. The Morgan fingerprint density at radius 2 is 1.76 bits per heavy atom. The van der Waals surface area contributed by atoms with E-state index in [-0.39, 0.29) is 12.1 Å². The summed E-state index contributed by atoms with van der Waals surface area (Å²) < 4.78 is 0. The van der Waals surface area contributed by atoms with Gasteiger partial charge in [0.2, 0.25) is 0 Å². The lowest BCUT2D eigenvalue weighted by Crippen LogP contribution is -2.46. The van der Waals surface area contributed by atoms with Crippen molar-refractivity contribution in [3.63, 3.8) is 0 Å². The van der Waals surface area contributed by atoms with Crippen LogP contribution in [0.1, 0.15) is 51.4 Å². The third-order valence-electron chi connectivity index (χ3n) is 6.27. The summed E-state index contributed by atoms with van der Waals surface area (Å²) >= 11 is 0. The number of fused-ring (bicyclic) bond motifs is 1.